The van der Waals surface area contributed by atoms with Crippen molar-refractivity contribution in [3.8, 4) is 0 Å². The van der Waals surface area contributed by atoms with E-state index in [1.54, 1.807) is 0 Å². The van der Waals surface area contributed by atoms with Crippen molar-refractivity contribution in [1.82, 2.24) is 0 Å². The van der Waals surface area contributed by atoms with E-state index in [0.717, 1.165) is 11.8 Å². The Bertz CT molecular complexity index is 172. The van der Waals surface area contributed by atoms with Crippen molar-refractivity contribution < 1.29 is 0 Å². The van der Waals surface area contributed by atoms with Gasteiger partial charge in [-0.1, -0.05) is 51.4 Å². The van der Waals surface area contributed by atoms with E-state index >= 15 is 0 Å². The minimum absolute atomic E-state index is 0.523. The lowest BCUT2D eigenvalue weighted by atomic mass is 9.79. The summed E-state index contributed by atoms with van der Waals surface area (Å²) in [6.07, 6.45) is 15.8. The maximum absolute atomic E-state index is 6.30. The van der Waals surface area contributed by atoms with Crippen LogP contribution in [0.15, 0.2) is 0 Å². The molecule has 2 unspecified atom stereocenters. The molecule has 2 fully saturated rings. The van der Waals surface area contributed by atoms with Crippen molar-refractivity contribution in [2.45, 2.75) is 76.7 Å². The number of nitrogens with two attached hydrogens (primary N) is 1. The van der Waals surface area contributed by atoms with E-state index in [-0.39, 0.29) is 0 Å². The van der Waals surface area contributed by atoms with Gasteiger partial charge in [0.1, 0.15) is 0 Å². The smallest absolute Gasteiger partial charge is 0.00672 e. The molecule has 0 aromatic carbocycles. The zero-order valence-corrected chi connectivity index (χ0v) is 10.1. The third kappa shape index (κ3) is 3.48. The van der Waals surface area contributed by atoms with E-state index in [2.05, 4.69) is 0 Å². The lowest BCUT2D eigenvalue weighted by molar-refractivity contribution is 0.254. The molecule has 1 heteroatoms. The summed E-state index contributed by atoms with van der Waals surface area (Å²) in [7, 11) is 0. The van der Waals surface area contributed by atoms with Crippen LogP contribution in [0, 0.1) is 11.8 Å². The van der Waals surface area contributed by atoms with Gasteiger partial charge in [-0.2, -0.15) is 0 Å². The third-order valence-electron chi connectivity index (χ3n) is 4.58. The third-order valence-corrected chi connectivity index (χ3v) is 4.58. The highest BCUT2D eigenvalue weighted by atomic mass is 14.7. The topological polar surface area (TPSA) is 26.0 Å². The summed E-state index contributed by atoms with van der Waals surface area (Å²) < 4.78 is 0. The van der Waals surface area contributed by atoms with Gasteiger partial charge in [0.25, 0.3) is 0 Å². The quantitative estimate of drug-likeness (QED) is 0.687. The molecule has 2 rings (SSSR count). The lowest BCUT2D eigenvalue weighted by Crippen LogP contribution is -2.30. The highest BCUT2D eigenvalue weighted by Gasteiger charge is 2.24. The SMILES string of the molecule is NC1CCCCCC1CC1CCCCC1. The average molecular weight is 209 g/mol. The first-order chi connectivity index (χ1) is 7.36. The Kier molecular flexibility index (Phi) is 4.49. The second-order valence-electron chi connectivity index (χ2n) is 5.80. The molecular weight excluding hydrogens is 182 g/mol. The van der Waals surface area contributed by atoms with E-state index in [4.69, 9.17) is 5.73 Å². The number of rotatable bonds is 2. The van der Waals surface area contributed by atoms with Gasteiger partial charge < -0.3 is 5.73 Å². The van der Waals surface area contributed by atoms with Crippen molar-refractivity contribution in [3.63, 3.8) is 0 Å². The van der Waals surface area contributed by atoms with Crippen molar-refractivity contribution in [2.24, 2.45) is 17.6 Å². The van der Waals surface area contributed by atoms with Crippen LogP contribution < -0.4 is 5.73 Å². The summed E-state index contributed by atoms with van der Waals surface area (Å²) in [5, 5.41) is 0. The van der Waals surface area contributed by atoms with Gasteiger partial charge >= 0.3 is 0 Å². The first-order valence-corrected chi connectivity index (χ1v) is 7.12. The monoisotopic (exact) mass is 209 g/mol. The lowest BCUT2D eigenvalue weighted by Gasteiger charge is -2.29. The average Bonchev–Trinajstić information content (AvgIpc) is 2.46. The molecule has 0 heterocycles. The van der Waals surface area contributed by atoms with Crippen LogP contribution >= 0.6 is 0 Å². The predicted octanol–water partition coefficient (Wildman–Crippen LogP) is 3.86. The Hall–Kier alpha value is -0.0400. The van der Waals surface area contributed by atoms with E-state index in [1.807, 2.05) is 0 Å². The number of hydrogen-bond acceptors (Lipinski definition) is 1. The minimum Gasteiger partial charge on any atom is -0.327 e. The summed E-state index contributed by atoms with van der Waals surface area (Å²) in [5.41, 5.74) is 6.30. The van der Waals surface area contributed by atoms with Crippen LogP contribution in [0.5, 0.6) is 0 Å². The van der Waals surface area contributed by atoms with Crippen molar-refractivity contribution in [1.29, 1.82) is 0 Å². The van der Waals surface area contributed by atoms with Gasteiger partial charge in [-0.05, 0) is 31.1 Å². The molecule has 0 spiro atoms. The maximum Gasteiger partial charge on any atom is 0.00672 e. The first-order valence-electron chi connectivity index (χ1n) is 7.12. The fraction of sp³-hybridized carbons (Fsp3) is 1.00. The standard InChI is InChI=1S/C14H27N/c15-14-10-6-2-5-9-13(14)11-12-7-3-1-4-8-12/h12-14H,1-11,15H2. The molecule has 2 aliphatic carbocycles. The van der Waals surface area contributed by atoms with E-state index < -0.39 is 0 Å². The molecule has 88 valence electrons. The molecule has 1 nitrogen and oxygen atoms in total. The van der Waals surface area contributed by atoms with Gasteiger partial charge in [0.05, 0.1) is 0 Å². The van der Waals surface area contributed by atoms with Gasteiger partial charge in [0.2, 0.25) is 0 Å². The fourth-order valence-corrected chi connectivity index (χ4v) is 3.56. The highest BCUT2D eigenvalue weighted by molar-refractivity contribution is 4.80. The Morgan fingerprint density at radius 2 is 1.33 bits per heavy atom. The van der Waals surface area contributed by atoms with Crippen molar-refractivity contribution >= 4 is 0 Å². The molecular formula is C14H27N. The summed E-state index contributed by atoms with van der Waals surface area (Å²) in [6.45, 7) is 0. The molecule has 0 radical (unpaired) electrons. The van der Waals surface area contributed by atoms with Crippen LogP contribution in [0.2, 0.25) is 0 Å². The number of hydrogen-bond donors (Lipinski definition) is 1. The summed E-state index contributed by atoms with van der Waals surface area (Å²) in [6, 6.07) is 0.523. The molecule has 2 saturated carbocycles. The van der Waals surface area contributed by atoms with E-state index in [1.165, 1.54) is 70.6 Å². The molecule has 2 atom stereocenters. The fourth-order valence-electron chi connectivity index (χ4n) is 3.56. The van der Waals surface area contributed by atoms with Crippen LogP contribution in [0.3, 0.4) is 0 Å². The largest absolute Gasteiger partial charge is 0.327 e. The minimum atomic E-state index is 0.523. The summed E-state index contributed by atoms with van der Waals surface area (Å²) in [4.78, 5) is 0. The van der Waals surface area contributed by atoms with Gasteiger partial charge in [0.15, 0.2) is 0 Å². The second-order valence-corrected chi connectivity index (χ2v) is 5.80. The normalized spacial score (nSPS) is 35.0. The second kappa shape index (κ2) is 5.89. The highest BCUT2D eigenvalue weighted by Crippen LogP contribution is 2.34. The van der Waals surface area contributed by atoms with Crippen LogP contribution in [0.4, 0.5) is 0 Å². The Morgan fingerprint density at radius 3 is 2.07 bits per heavy atom. The first kappa shape index (κ1) is 11.4. The van der Waals surface area contributed by atoms with E-state index in [9.17, 15) is 0 Å². The van der Waals surface area contributed by atoms with Gasteiger partial charge in [-0.3, -0.25) is 0 Å². The van der Waals surface area contributed by atoms with Crippen LogP contribution in [-0.4, -0.2) is 6.04 Å². The van der Waals surface area contributed by atoms with Crippen LogP contribution in [-0.2, 0) is 0 Å². The molecule has 2 N–H and O–H groups in total. The Balaban J connectivity index is 1.79. The molecule has 0 saturated heterocycles. The molecule has 0 aromatic heterocycles. The molecule has 0 amide bonds. The molecule has 2 aliphatic rings. The summed E-state index contributed by atoms with van der Waals surface area (Å²) in [5.74, 6) is 1.88. The van der Waals surface area contributed by atoms with Crippen LogP contribution in [0.25, 0.3) is 0 Å². The molecule has 0 aliphatic heterocycles. The maximum atomic E-state index is 6.30. The van der Waals surface area contributed by atoms with Crippen molar-refractivity contribution in [2.75, 3.05) is 0 Å². The van der Waals surface area contributed by atoms with Crippen LogP contribution in [0.1, 0.15) is 70.6 Å². The predicted molar refractivity (Wildman–Crippen MR) is 65.7 cm³/mol. The molecule has 15 heavy (non-hydrogen) atoms. The van der Waals surface area contributed by atoms with Crippen molar-refractivity contribution in [3.05, 3.63) is 0 Å². The summed E-state index contributed by atoms with van der Waals surface area (Å²) >= 11 is 0. The van der Waals surface area contributed by atoms with Gasteiger partial charge in [-0.15, -0.1) is 0 Å². The molecule has 0 bridgehead atoms. The molecule has 0 aromatic rings. The zero-order valence-electron chi connectivity index (χ0n) is 10.1. The Morgan fingerprint density at radius 1 is 0.733 bits per heavy atom. The van der Waals surface area contributed by atoms with Gasteiger partial charge in [-0.25, -0.2) is 0 Å². The Labute approximate surface area is 94.8 Å². The zero-order chi connectivity index (χ0) is 10.5. The van der Waals surface area contributed by atoms with Gasteiger partial charge in [0, 0.05) is 6.04 Å². The van der Waals surface area contributed by atoms with E-state index in [0.29, 0.717) is 6.04 Å².